The van der Waals surface area contributed by atoms with Crippen molar-refractivity contribution >= 4 is 0 Å². The Kier molecular flexibility index (Phi) is 3.27. The first-order chi connectivity index (χ1) is 9.50. The van der Waals surface area contributed by atoms with Crippen LogP contribution in [0.4, 0.5) is 4.39 Å². The number of hydrogen-bond acceptors (Lipinski definition) is 3. The lowest BCUT2D eigenvalue weighted by atomic mass is 9.81. The van der Waals surface area contributed by atoms with Gasteiger partial charge in [0.25, 0.3) is 0 Å². The first-order valence-corrected chi connectivity index (χ1v) is 7.14. The maximum absolute atomic E-state index is 14.0. The standard InChI is InChI=1S/C16H19FN2O/c1-19-13-4-5-14(19)9-16(20,8-13)7-12-3-2-11(10-18)6-15(12)17/h2-3,6,13-14,20H,4-5,7-9H2,1H3. The molecule has 2 saturated heterocycles. The van der Waals surface area contributed by atoms with Crippen LogP contribution in [0.5, 0.6) is 0 Å². The van der Waals surface area contributed by atoms with E-state index in [0.717, 1.165) is 12.8 Å². The summed E-state index contributed by atoms with van der Waals surface area (Å²) in [5.74, 6) is -0.385. The van der Waals surface area contributed by atoms with Crippen molar-refractivity contribution in [1.29, 1.82) is 5.26 Å². The summed E-state index contributed by atoms with van der Waals surface area (Å²) in [4.78, 5) is 2.35. The van der Waals surface area contributed by atoms with E-state index in [4.69, 9.17) is 5.26 Å². The van der Waals surface area contributed by atoms with Gasteiger partial charge >= 0.3 is 0 Å². The SMILES string of the molecule is CN1C2CCC1CC(O)(Cc1ccc(C#N)cc1F)C2. The summed E-state index contributed by atoms with van der Waals surface area (Å²) in [6, 6.07) is 7.26. The van der Waals surface area contributed by atoms with E-state index in [1.165, 1.54) is 6.07 Å². The van der Waals surface area contributed by atoms with Crippen LogP contribution in [0, 0.1) is 17.1 Å². The van der Waals surface area contributed by atoms with E-state index < -0.39 is 5.60 Å². The fraction of sp³-hybridized carbons (Fsp3) is 0.562. The predicted octanol–water partition coefficient (Wildman–Crippen LogP) is 2.23. The molecule has 2 unspecified atom stereocenters. The zero-order valence-electron chi connectivity index (χ0n) is 11.6. The molecule has 1 aromatic rings. The first-order valence-electron chi connectivity index (χ1n) is 7.14. The summed E-state index contributed by atoms with van der Waals surface area (Å²) in [6.07, 6.45) is 4.00. The third-order valence-corrected chi connectivity index (χ3v) is 4.92. The molecule has 2 bridgehead atoms. The number of aliphatic hydroxyl groups is 1. The Bertz CT molecular complexity index is 552. The van der Waals surface area contributed by atoms with Gasteiger partial charge in [-0.05, 0) is 50.4 Å². The molecule has 4 heteroatoms. The predicted molar refractivity (Wildman–Crippen MR) is 73.6 cm³/mol. The number of halogens is 1. The van der Waals surface area contributed by atoms with Crippen molar-refractivity contribution in [2.24, 2.45) is 0 Å². The van der Waals surface area contributed by atoms with Crippen molar-refractivity contribution in [3.8, 4) is 6.07 Å². The van der Waals surface area contributed by atoms with Crippen LogP contribution in [-0.4, -0.2) is 34.7 Å². The topological polar surface area (TPSA) is 47.3 Å². The van der Waals surface area contributed by atoms with Crippen LogP contribution in [0.2, 0.25) is 0 Å². The second-order valence-electron chi connectivity index (χ2n) is 6.28. The molecule has 2 atom stereocenters. The fourth-order valence-electron chi connectivity index (χ4n) is 3.80. The number of fused-ring (bicyclic) bond motifs is 2. The van der Waals surface area contributed by atoms with Gasteiger partial charge < -0.3 is 10.0 Å². The van der Waals surface area contributed by atoms with E-state index >= 15 is 0 Å². The minimum Gasteiger partial charge on any atom is -0.389 e. The monoisotopic (exact) mass is 274 g/mol. The van der Waals surface area contributed by atoms with Crippen LogP contribution in [-0.2, 0) is 6.42 Å². The highest BCUT2D eigenvalue weighted by Crippen LogP contribution is 2.41. The normalized spacial score (nSPS) is 33.1. The Labute approximate surface area is 118 Å². The Morgan fingerprint density at radius 2 is 2.05 bits per heavy atom. The van der Waals surface area contributed by atoms with Gasteiger partial charge in [-0.25, -0.2) is 4.39 Å². The molecule has 3 nitrogen and oxygen atoms in total. The number of piperidine rings is 1. The zero-order valence-corrected chi connectivity index (χ0v) is 11.6. The molecule has 0 aliphatic carbocycles. The molecule has 0 radical (unpaired) electrons. The number of rotatable bonds is 2. The molecule has 2 aliphatic heterocycles. The minimum absolute atomic E-state index is 0.321. The van der Waals surface area contributed by atoms with Gasteiger partial charge in [0.2, 0.25) is 0 Å². The summed E-state index contributed by atoms with van der Waals surface area (Å²) in [7, 11) is 2.12. The Hall–Kier alpha value is -1.44. The van der Waals surface area contributed by atoms with Gasteiger partial charge in [0.15, 0.2) is 0 Å². The molecule has 106 valence electrons. The lowest BCUT2D eigenvalue weighted by Crippen LogP contribution is -2.50. The molecule has 3 rings (SSSR count). The van der Waals surface area contributed by atoms with Crippen molar-refractivity contribution in [3.63, 3.8) is 0 Å². The van der Waals surface area contributed by atoms with Gasteiger partial charge in [-0.1, -0.05) is 6.07 Å². The summed E-state index contributed by atoms with van der Waals surface area (Å²) in [6.45, 7) is 0. The average Bonchev–Trinajstić information content (AvgIpc) is 2.64. The van der Waals surface area contributed by atoms with E-state index in [9.17, 15) is 9.50 Å². The van der Waals surface area contributed by atoms with Gasteiger partial charge in [-0.3, -0.25) is 0 Å². The molecule has 0 saturated carbocycles. The third-order valence-electron chi connectivity index (χ3n) is 4.92. The highest BCUT2D eigenvalue weighted by atomic mass is 19.1. The van der Waals surface area contributed by atoms with Crippen LogP contribution < -0.4 is 0 Å². The Morgan fingerprint density at radius 3 is 2.60 bits per heavy atom. The van der Waals surface area contributed by atoms with Gasteiger partial charge in [0.1, 0.15) is 5.82 Å². The molecule has 0 aromatic heterocycles. The molecule has 2 fully saturated rings. The highest BCUT2D eigenvalue weighted by Gasteiger charge is 2.45. The molecular formula is C16H19FN2O. The van der Waals surface area contributed by atoms with Crippen LogP contribution >= 0.6 is 0 Å². The van der Waals surface area contributed by atoms with Crippen LogP contribution in [0.15, 0.2) is 18.2 Å². The average molecular weight is 274 g/mol. The van der Waals surface area contributed by atoms with Crippen molar-refractivity contribution in [2.45, 2.75) is 49.8 Å². The fourth-order valence-corrected chi connectivity index (χ4v) is 3.80. The lowest BCUT2D eigenvalue weighted by molar-refractivity contribution is -0.0442. The molecule has 1 N–H and O–H groups in total. The third kappa shape index (κ3) is 2.32. The van der Waals surface area contributed by atoms with Crippen molar-refractivity contribution < 1.29 is 9.50 Å². The van der Waals surface area contributed by atoms with E-state index in [1.807, 2.05) is 6.07 Å². The summed E-state index contributed by atoms with van der Waals surface area (Å²) >= 11 is 0. The molecular weight excluding hydrogens is 255 g/mol. The van der Waals surface area contributed by atoms with E-state index in [-0.39, 0.29) is 5.82 Å². The van der Waals surface area contributed by atoms with Crippen LogP contribution in [0.25, 0.3) is 0 Å². The number of hydrogen-bond donors (Lipinski definition) is 1. The Morgan fingerprint density at radius 1 is 1.40 bits per heavy atom. The number of nitrogens with zero attached hydrogens (tertiary/aromatic N) is 2. The lowest BCUT2D eigenvalue weighted by Gasteiger charge is -2.42. The number of benzene rings is 1. The van der Waals surface area contributed by atoms with E-state index in [2.05, 4.69) is 11.9 Å². The quantitative estimate of drug-likeness (QED) is 0.899. The molecule has 1 aromatic carbocycles. The van der Waals surface area contributed by atoms with Gasteiger partial charge in [0.05, 0.1) is 17.2 Å². The van der Waals surface area contributed by atoms with Gasteiger partial charge in [0, 0.05) is 18.5 Å². The van der Waals surface area contributed by atoms with Gasteiger partial charge in [-0.2, -0.15) is 5.26 Å². The Balaban J connectivity index is 1.79. The van der Waals surface area contributed by atoms with Crippen LogP contribution in [0.3, 0.4) is 0 Å². The number of nitriles is 1. The second kappa shape index (κ2) is 4.83. The zero-order chi connectivity index (χ0) is 14.3. The summed E-state index contributed by atoms with van der Waals surface area (Å²) < 4.78 is 14.0. The first kappa shape index (κ1) is 13.5. The maximum atomic E-state index is 14.0. The smallest absolute Gasteiger partial charge is 0.127 e. The van der Waals surface area contributed by atoms with Crippen LogP contribution in [0.1, 0.15) is 36.8 Å². The van der Waals surface area contributed by atoms with E-state index in [0.29, 0.717) is 42.5 Å². The van der Waals surface area contributed by atoms with Crippen molar-refractivity contribution in [2.75, 3.05) is 7.05 Å². The molecule has 20 heavy (non-hydrogen) atoms. The highest BCUT2D eigenvalue weighted by molar-refractivity contribution is 5.33. The molecule has 0 amide bonds. The minimum atomic E-state index is -0.812. The molecule has 0 spiro atoms. The summed E-state index contributed by atoms with van der Waals surface area (Å²) in [5.41, 5.74) is 0.0185. The summed E-state index contributed by atoms with van der Waals surface area (Å²) in [5, 5.41) is 19.6. The van der Waals surface area contributed by atoms with E-state index in [1.54, 1.807) is 12.1 Å². The maximum Gasteiger partial charge on any atom is 0.127 e. The van der Waals surface area contributed by atoms with Gasteiger partial charge in [-0.15, -0.1) is 0 Å². The van der Waals surface area contributed by atoms with Crippen molar-refractivity contribution in [1.82, 2.24) is 4.90 Å². The van der Waals surface area contributed by atoms with Crippen molar-refractivity contribution in [3.05, 3.63) is 35.1 Å². The largest absolute Gasteiger partial charge is 0.389 e. The second-order valence-corrected chi connectivity index (χ2v) is 6.28. The molecule has 2 aliphatic rings. The molecule has 2 heterocycles.